The molecule has 6 heteroatoms. The Kier molecular flexibility index (Phi) is 5.21. The van der Waals surface area contributed by atoms with Gasteiger partial charge in [-0.1, -0.05) is 44.2 Å². The van der Waals surface area contributed by atoms with Crippen LogP contribution in [-0.2, 0) is 13.6 Å². The largest absolute Gasteiger partial charge is 0.337 e. The van der Waals surface area contributed by atoms with Gasteiger partial charge in [-0.15, -0.1) is 0 Å². The average molecular weight is 351 g/mol. The zero-order valence-electron chi connectivity index (χ0n) is 15.7. The van der Waals surface area contributed by atoms with Gasteiger partial charge in [0.1, 0.15) is 17.6 Å². The Balaban J connectivity index is 1.95. The van der Waals surface area contributed by atoms with E-state index in [0.717, 1.165) is 17.1 Å². The lowest BCUT2D eigenvalue weighted by Crippen LogP contribution is -2.32. The number of hydrogen-bond acceptors (Lipinski definition) is 3. The van der Waals surface area contributed by atoms with E-state index in [-0.39, 0.29) is 17.9 Å². The van der Waals surface area contributed by atoms with Gasteiger partial charge in [-0.2, -0.15) is 5.10 Å². The van der Waals surface area contributed by atoms with Gasteiger partial charge < -0.3 is 9.88 Å². The van der Waals surface area contributed by atoms with Gasteiger partial charge in [0.05, 0.1) is 5.69 Å². The van der Waals surface area contributed by atoms with Crippen LogP contribution >= 0.6 is 0 Å². The number of hydrogen-bond donors (Lipinski definition) is 1. The summed E-state index contributed by atoms with van der Waals surface area (Å²) in [5.74, 6) is 0.910. The number of aryl methyl sites for hydroxylation is 2. The number of benzene rings is 1. The maximum Gasteiger partial charge on any atom is 0.270 e. The Morgan fingerprint density at radius 1 is 1.23 bits per heavy atom. The van der Waals surface area contributed by atoms with Gasteiger partial charge in [0.2, 0.25) is 0 Å². The number of imidazole rings is 1. The molecule has 3 rings (SSSR count). The number of nitrogens with one attached hydrogen (secondary N) is 1. The molecule has 0 fully saturated rings. The van der Waals surface area contributed by atoms with E-state index in [2.05, 4.69) is 29.2 Å². The highest BCUT2D eigenvalue weighted by atomic mass is 16.2. The van der Waals surface area contributed by atoms with Crippen LogP contribution in [0.25, 0.3) is 0 Å². The SMILES string of the molecule is CCn1nc(C(C)C)cc1C(=O)N[C@@H](c1ccccc1)c1nccn1C. The van der Waals surface area contributed by atoms with Gasteiger partial charge in [-0.25, -0.2) is 4.98 Å². The standard InChI is InChI=1S/C20H25N5O/c1-5-25-17(13-16(23-25)14(2)3)20(26)22-18(15-9-7-6-8-10-15)19-21-11-12-24(19)4/h6-14,18H,5H2,1-4H3,(H,22,26)/t18-/m0/s1. The lowest BCUT2D eigenvalue weighted by atomic mass is 10.1. The first-order valence-corrected chi connectivity index (χ1v) is 8.92. The van der Waals surface area contributed by atoms with Gasteiger partial charge in [0.15, 0.2) is 0 Å². The van der Waals surface area contributed by atoms with Crippen molar-refractivity contribution >= 4 is 5.91 Å². The summed E-state index contributed by atoms with van der Waals surface area (Å²) in [4.78, 5) is 17.5. The van der Waals surface area contributed by atoms with Crippen molar-refractivity contribution in [2.75, 3.05) is 0 Å². The van der Waals surface area contributed by atoms with E-state index in [1.54, 1.807) is 10.9 Å². The van der Waals surface area contributed by atoms with Gasteiger partial charge in [0, 0.05) is 26.0 Å². The average Bonchev–Trinajstić information content (AvgIpc) is 3.26. The van der Waals surface area contributed by atoms with E-state index >= 15 is 0 Å². The van der Waals surface area contributed by atoms with E-state index in [0.29, 0.717) is 12.2 Å². The first kappa shape index (κ1) is 17.9. The molecule has 0 aliphatic rings. The van der Waals surface area contributed by atoms with Crippen molar-refractivity contribution < 1.29 is 4.79 Å². The molecule has 0 unspecified atom stereocenters. The van der Waals surface area contributed by atoms with E-state index < -0.39 is 0 Å². The highest BCUT2D eigenvalue weighted by Gasteiger charge is 2.24. The fourth-order valence-corrected chi connectivity index (χ4v) is 2.95. The Morgan fingerprint density at radius 3 is 2.54 bits per heavy atom. The first-order valence-electron chi connectivity index (χ1n) is 8.92. The van der Waals surface area contributed by atoms with Gasteiger partial charge in [-0.05, 0) is 24.5 Å². The van der Waals surface area contributed by atoms with Crippen LogP contribution in [0.15, 0.2) is 48.8 Å². The number of nitrogens with zero attached hydrogens (tertiary/aromatic N) is 4. The van der Waals surface area contributed by atoms with Crippen LogP contribution in [0.4, 0.5) is 0 Å². The predicted octanol–water partition coefficient (Wildman–Crippen LogP) is 3.28. The minimum atomic E-state index is -0.327. The van der Waals surface area contributed by atoms with E-state index in [1.165, 1.54) is 0 Å². The summed E-state index contributed by atoms with van der Waals surface area (Å²) in [6.07, 6.45) is 3.62. The molecule has 1 N–H and O–H groups in total. The summed E-state index contributed by atoms with van der Waals surface area (Å²) in [6, 6.07) is 11.4. The second-order valence-corrected chi connectivity index (χ2v) is 6.64. The highest BCUT2D eigenvalue weighted by molar-refractivity contribution is 5.93. The number of amides is 1. The first-order chi connectivity index (χ1) is 12.5. The smallest absolute Gasteiger partial charge is 0.270 e. The van der Waals surface area contributed by atoms with E-state index in [9.17, 15) is 4.79 Å². The molecule has 1 aromatic carbocycles. The van der Waals surface area contributed by atoms with Crippen molar-refractivity contribution in [2.45, 2.75) is 39.3 Å². The summed E-state index contributed by atoms with van der Waals surface area (Å²) >= 11 is 0. The van der Waals surface area contributed by atoms with Crippen LogP contribution < -0.4 is 5.32 Å². The normalized spacial score (nSPS) is 12.3. The van der Waals surface area contributed by atoms with Crippen molar-refractivity contribution in [3.05, 3.63) is 71.6 Å². The molecule has 0 bridgehead atoms. The molecule has 26 heavy (non-hydrogen) atoms. The number of carbonyl (C=O) groups excluding carboxylic acids is 1. The summed E-state index contributed by atoms with van der Waals surface area (Å²) < 4.78 is 3.68. The van der Waals surface area contributed by atoms with Crippen LogP contribution in [-0.4, -0.2) is 25.2 Å². The lowest BCUT2D eigenvalue weighted by molar-refractivity contribution is 0.0930. The van der Waals surface area contributed by atoms with Crippen molar-refractivity contribution in [3.8, 4) is 0 Å². The molecule has 0 saturated carbocycles. The maximum absolute atomic E-state index is 13.0. The zero-order valence-corrected chi connectivity index (χ0v) is 15.7. The van der Waals surface area contributed by atoms with E-state index in [4.69, 9.17) is 0 Å². The molecule has 1 amide bonds. The molecule has 136 valence electrons. The van der Waals surface area contributed by atoms with Crippen molar-refractivity contribution in [1.29, 1.82) is 0 Å². The van der Waals surface area contributed by atoms with Crippen molar-refractivity contribution in [2.24, 2.45) is 7.05 Å². The Bertz CT molecular complexity index is 879. The number of carbonyl (C=O) groups is 1. The Labute approximate surface area is 153 Å². The third kappa shape index (κ3) is 3.54. The van der Waals surface area contributed by atoms with Crippen molar-refractivity contribution in [1.82, 2.24) is 24.6 Å². The zero-order chi connectivity index (χ0) is 18.7. The number of rotatable bonds is 6. The van der Waals surface area contributed by atoms with Crippen LogP contribution in [0.3, 0.4) is 0 Å². The van der Waals surface area contributed by atoms with E-state index in [1.807, 2.05) is 61.1 Å². The third-order valence-corrected chi connectivity index (χ3v) is 4.45. The summed E-state index contributed by atoms with van der Waals surface area (Å²) in [5, 5.41) is 7.68. The summed E-state index contributed by atoms with van der Waals surface area (Å²) in [6.45, 7) is 6.78. The minimum absolute atomic E-state index is 0.150. The van der Waals surface area contributed by atoms with Gasteiger partial charge >= 0.3 is 0 Å². The van der Waals surface area contributed by atoms with Crippen LogP contribution in [0.5, 0.6) is 0 Å². The van der Waals surface area contributed by atoms with Crippen molar-refractivity contribution in [3.63, 3.8) is 0 Å². The molecule has 0 saturated heterocycles. The van der Waals surface area contributed by atoms with Gasteiger partial charge in [0.25, 0.3) is 5.91 Å². The molecular formula is C20H25N5O. The third-order valence-electron chi connectivity index (χ3n) is 4.45. The van der Waals surface area contributed by atoms with Crippen LogP contribution in [0, 0.1) is 0 Å². The molecule has 1 atom stereocenters. The summed E-state index contributed by atoms with van der Waals surface area (Å²) in [5.41, 5.74) is 2.48. The monoisotopic (exact) mass is 351 g/mol. The second kappa shape index (κ2) is 7.56. The highest BCUT2D eigenvalue weighted by Crippen LogP contribution is 2.22. The quantitative estimate of drug-likeness (QED) is 0.741. The Hall–Kier alpha value is -2.89. The fraction of sp³-hybridized carbons (Fsp3) is 0.350. The minimum Gasteiger partial charge on any atom is -0.337 e. The molecule has 3 aromatic rings. The summed E-state index contributed by atoms with van der Waals surface area (Å²) in [7, 11) is 1.93. The van der Waals surface area contributed by atoms with Crippen LogP contribution in [0.1, 0.15) is 60.3 Å². The molecule has 0 aliphatic heterocycles. The second-order valence-electron chi connectivity index (χ2n) is 6.64. The molecule has 2 aromatic heterocycles. The topological polar surface area (TPSA) is 64.7 Å². The molecule has 6 nitrogen and oxygen atoms in total. The number of aromatic nitrogens is 4. The molecule has 0 spiro atoms. The lowest BCUT2D eigenvalue weighted by Gasteiger charge is -2.19. The Morgan fingerprint density at radius 2 is 1.96 bits per heavy atom. The molecule has 0 aliphatic carbocycles. The molecular weight excluding hydrogens is 326 g/mol. The van der Waals surface area contributed by atoms with Gasteiger partial charge in [-0.3, -0.25) is 9.48 Å². The molecule has 2 heterocycles. The fourth-order valence-electron chi connectivity index (χ4n) is 2.95. The molecule has 0 radical (unpaired) electrons. The van der Waals surface area contributed by atoms with Crippen LogP contribution in [0.2, 0.25) is 0 Å². The maximum atomic E-state index is 13.0. The predicted molar refractivity (Wildman–Crippen MR) is 101 cm³/mol.